The van der Waals surface area contributed by atoms with E-state index >= 15 is 0 Å². The Hall–Kier alpha value is -1.76. The molecule has 0 aromatic heterocycles. The Labute approximate surface area is 90.8 Å². The summed E-state index contributed by atoms with van der Waals surface area (Å²) in [5.41, 5.74) is 2.58. The maximum absolute atomic E-state index is 3.44. The average Bonchev–Trinajstić information content (AvgIpc) is 2.56. The zero-order valence-corrected chi connectivity index (χ0v) is 8.69. The van der Waals surface area contributed by atoms with E-state index in [1.807, 2.05) is 6.07 Å². The van der Waals surface area contributed by atoms with Crippen LogP contribution in [0.5, 0.6) is 0 Å². The molecule has 0 fully saturated rings. The van der Waals surface area contributed by atoms with Crippen molar-refractivity contribution in [1.29, 1.82) is 0 Å². The number of nitrogens with one attached hydrogen (secondary N) is 1. The zero-order valence-electron chi connectivity index (χ0n) is 8.69. The highest BCUT2D eigenvalue weighted by Gasteiger charge is 1.95. The number of hydrogen-bond donors (Lipinski definition) is 1. The molecule has 1 N–H and O–H groups in total. The minimum absolute atomic E-state index is 0.897. The highest BCUT2D eigenvalue weighted by Crippen LogP contribution is 2.05. The molecule has 2 rings (SSSR count). The molecule has 1 heteroatoms. The molecule has 76 valence electrons. The van der Waals surface area contributed by atoms with Crippen molar-refractivity contribution in [3.8, 4) is 0 Å². The lowest BCUT2D eigenvalue weighted by Crippen LogP contribution is -2.11. The zero-order chi connectivity index (χ0) is 10.3. The summed E-state index contributed by atoms with van der Waals surface area (Å²) in [7, 11) is 0. The van der Waals surface area contributed by atoms with Crippen LogP contribution < -0.4 is 5.32 Å². The van der Waals surface area contributed by atoms with Crippen LogP contribution in [-0.2, 0) is 6.54 Å². The van der Waals surface area contributed by atoms with Crippen molar-refractivity contribution in [3.63, 3.8) is 0 Å². The first kappa shape index (κ1) is 9.78. The molecule has 15 heavy (non-hydrogen) atoms. The second kappa shape index (κ2) is 5.20. The van der Waals surface area contributed by atoms with E-state index in [1.54, 1.807) is 0 Å². The molecule has 1 nitrogen and oxygen atoms in total. The van der Waals surface area contributed by atoms with Gasteiger partial charge in [-0.15, -0.1) is 0 Å². The molecule has 0 bridgehead atoms. The number of hydrogen-bond acceptors (Lipinski definition) is 1. The molecular weight excluding hydrogens is 182 g/mol. The minimum Gasteiger partial charge on any atom is -0.384 e. The van der Waals surface area contributed by atoms with Gasteiger partial charge in [-0.05, 0) is 11.6 Å². The van der Waals surface area contributed by atoms with E-state index < -0.39 is 0 Å². The van der Waals surface area contributed by atoms with Crippen molar-refractivity contribution >= 4 is 0 Å². The maximum atomic E-state index is 3.44. The Morgan fingerprint density at radius 3 is 2.73 bits per heavy atom. The molecule has 1 aromatic rings. The second-order valence-electron chi connectivity index (χ2n) is 3.55. The SMILES string of the molecule is C1=CC=C(NCc2ccccc2)CC=C1. The number of benzene rings is 1. The molecule has 0 spiro atoms. The smallest absolute Gasteiger partial charge is 0.0397 e. The van der Waals surface area contributed by atoms with Crippen LogP contribution in [0.1, 0.15) is 12.0 Å². The monoisotopic (exact) mass is 197 g/mol. The maximum Gasteiger partial charge on any atom is 0.0397 e. The normalized spacial score (nSPS) is 14.5. The quantitative estimate of drug-likeness (QED) is 0.784. The summed E-state index contributed by atoms with van der Waals surface area (Å²) in [6, 6.07) is 10.4. The Morgan fingerprint density at radius 2 is 1.87 bits per heavy atom. The number of rotatable bonds is 3. The van der Waals surface area contributed by atoms with Gasteiger partial charge >= 0.3 is 0 Å². The van der Waals surface area contributed by atoms with E-state index in [-0.39, 0.29) is 0 Å². The van der Waals surface area contributed by atoms with Gasteiger partial charge in [0.05, 0.1) is 0 Å². The summed E-state index contributed by atoms with van der Waals surface area (Å²) in [6.07, 6.45) is 11.5. The molecule has 0 heterocycles. The fourth-order valence-electron chi connectivity index (χ4n) is 1.52. The van der Waals surface area contributed by atoms with E-state index in [0.717, 1.165) is 13.0 Å². The lowest BCUT2D eigenvalue weighted by molar-refractivity contribution is 0.790. The van der Waals surface area contributed by atoms with E-state index in [9.17, 15) is 0 Å². The third-order valence-corrected chi connectivity index (χ3v) is 2.36. The van der Waals surface area contributed by atoms with Crippen LogP contribution in [0.3, 0.4) is 0 Å². The van der Waals surface area contributed by atoms with Gasteiger partial charge in [-0.2, -0.15) is 0 Å². The molecule has 0 atom stereocenters. The van der Waals surface area contributed by atoms with Gasteiger partial charge in [-0.3, -0.25) is 0 Å². The summed E-state index contributed by atoms with van der Waals surface area (Å²) in [4.78, 5) is 0. The van der Waals surface area contributed by atoms with Crippen LogP contribution in [0.2, 0.25) is 0 Å². The Morgan fingerprint density at radius 1 is 1.00 bits per heavy atom. The molecule has 0 aliphatic heterocycles. The van der Waals surface area contributed by atoms with Crippen LogP contribution in [-0.4, -0.2) is 0 Å². The average molecular weight is 197 g/mol. The topological polar surface area (TPSA) is 12.0 Å². The van der Waals surface area contributed by atoms with E-state index in [4.69, 9.17) is 0 Å². The van der Waals surface area contributed by atoms with Crippen LogP contribution in [0.15, 0.2) is 66.4 Å². The summed E-state index contributed by atoms with van der Waals surface area (Å²) in [5.74, 6) is 0. The van der Waals surface area contributed by atoms with E-state index in [1.165, 1.54) is 11.3 Å². The Kier molecular flexibility index (Phi) is 3.39. The molecule has 0 saturated carbocycles. The summed E-state index contributed by atoms with van der Waals surface area (Å²) >= 11 is 0. The van der Waals surface area contributed by atoms with Gasteiger partial charge in [0.25, 0.3) is 0 Å². The van der Waals surface area contributed by atoms with Crippen molar-refractivity contribution in [2.75, 3.05) is 0 Å². The molecule has 1 aliphatic rings. The minimum atomic E-state index is 0.897. The third kappa shape index (κ3) is 3.13. The largest absolute Gasteiger partial charge is 0.384 e. The molecule has 0 amide bonds. The van der Waals surface area contributed by atoms with Crippen molar-refractivity contribution < 1.29 is 0 Å². The Balaban J connectivity index is 1.91. The predicted octanol–water partition coefficient (Wildman–Crippen LogP) is 3.18. The first-order valence-electron chi connectivity index (χ1n) is 5.25. The van der Waals surface area contributed by atoms with Crippen molar-refractivity contribution in [2.45, 2.75) is 13.0 Å². The third-order valence-electron chi connectivity index (χ3n) is 2.36. The summed E-state index contributed by atoms with van der Waals surface area (Å²) < 4.78 is 0. The summed E-state index contributed by atoms with van der Waals surface area (Å²) in [5, 5.41) is 3.44. The first-order valence-corrected chi connectivity index (χ1v) is 5.25. The standard InChI is InChI=1S/C14H15N/c1-2-7-11-14(10-6-1)15-12-13-8-4-3-5-9-13/h1-10,15H,11-12H2. The lowest BCUT2D eigenvalue weighted by Gasteiger charge is -2.08. The summed E-state index contributed by atoms with van der Waals surface area (Å²) in [6.45, 7) is 0.897. The molecule has 0 saturated heterocycles. The van der Waals surface area contributed by atoms with Gasteiger partial charge in [0.15, 0.2) is 0 Å². The van der Waals surface area contributed by atoms with Gasteiger partial charge in [0.1, 0.15) is 0 Å². The van der Waals surface area contributed by atoms with Crippen LogP contribution in [0.4, 0.5) is 0 Å². The van der Waals surface area contributed by atoms with Crippen LogP contribution in [0, 0.1) is 0 Å². The fourth-order valence-corrected chi connectivity index (χ4v) is 1.52. The highest BCUT2D eigenvalue weighted by atomic mass is 14.9. The van der Waals surface area contributed by atoms with Gasteiger partial charge in [-0.25, -0.2) is 0 Å². The van der Waals surface area contributed by atoms with Crippen molar-refractivity contribution in [2.24, 2.45) is 0 Å². The molecule has 0 radical (unpaired) electrons. The molecule has 1 aromatic carbocycles. The van der Waals surface area contributed by atoms with E-state index in [0.29, 0.717) is 0 Å². The van der Waals surface area contributed by atoms with Gasteiger partial charge in [-0.1, -0.05) is 54.6 Å². The van der Waals surface area contributed by atoms with Crippen molar-refractivity contribution in [1.82, 2.24) is 5.32 Å². The van der Waals surface area contributed by atoms with E-state index in [2.05, 4.69) is 60.0 Å². The van der Waals surface area contributed by atoms with Gasteiger partial charge in [0, 0.05) is 18.7 Å². The van der Waals surface area contributed by atoms with Gasteiger partial charge < -0.3 is 5.32 Å². The molecular formula is C14H15N. The molecule has 1 aliphatic carbocycles. The Bertz CT molecular complexity index is 385. The highest BCUT2D eigenvalue weighted by molar-refractivity contribution is 5.23. The number of allylic oxidation sites excluding steroid dienone is 5. The second-order valence-corrected chi connectivity index (χ2v) is 3.55. The predicted molar refractivity (Wildman–Crippen MR) is 64.3 cm³/mol. The molecule has 0 unspecified atom stereocenters. The van der Waals surface area contributed by atoms with Gasteiger partial charge in [0.2, 0.25) is 0 Å². The lowest BCUT2D eigenvalue weighted by atomic mass is 10.2. The van der Waals surface area contributed by atoms with Crippen LogP contribution in [0.25, 0.3) is 0 Å². The van der Waals surface area contributed by atoms with Crippen LogP contribution >= 0.6 is 0 Å². The first-order chi connectivity index (χ1) is 7.45. The fraction of sp³-hybridized carbons (Fsp3) is 0.143. The van der Waals surface area contributed by atoms with Crippen molar-refractivity contribution in [3.05, 3.63) is 72.0 Å².